The highest BCUT2D eigenvalue weighted by molar-refractivity contribution is 5.50. The molecule has 0 saturated carbocycles. The van der Waals surface area contributed by atoms with Gasteiger partial charge in [0.1, 0.15) is 0 Å². The van der Waals surface area contributed by atoms with Crippen molar-refractivity contribution in [2.75, 3.05) is 19.0 Å². The Labute approximate surface area is 114 Å². The van der Waals surface area contributed by atoms with Gasteiger partial charge in [0.15, 0.2) is 0 Å². The zero-order valence-electron chi connectivity index (χ0n) is 11.8. The highest BCUT2D eigenvalue weighted by Gasteiger charge is 2.15. The fraction of sp³-hybridized carbons (Fsp3) is 0.400. The Hall–Kier alpha value is -1.81. The highest BCUT2D eigenvalue weighted by Crippen LogP contribution is 2.16. The molecule has 0 aliphatic heterocycles. The first-order valence-electron chi connectivity index (χ1n) is 6.50. The Bertz CT molecular complexity index is 506. The van der Waals surface area contributed by atoms with E-state index in [0.717, 1.165) is 24.3 Å². The Morgan fingerprint density at radius 1 is 1.32 bits per heavy atom. The quantitative estimate of drug-likeness (QED) is 0.866. The minimum absolute atomic E-state index is 0.0907. The normalized spacial score (nSPS) is 11.5. The summed E-state index contributed by atoms with van der Waals surface area (Å²) in [5.41, 5.74) is 2.06. The van der Waals surface area contributed by atoms with Crippen molar-refractivity contribution in [3.63, 3.8) is 0 Å². The van der Waals surface area contributed by atoms with Gasteiger partial charge in [0.05, 0.1) is 11.3 Å². The summed E-state index contributed by atoms with van der Waals surface area (Å²) in [5, 5.41) is 7.65. The topological polar surface area (TPSA) is 39.1 Å². The first-order valence-corrected chi connectivity index (χ1v) is 6.50. The van der Waals surface area contributed by atoms with Crippen LogP contribution < -0.4 is 5.32 Å². The molecular weight excluding hydrogens is 238 g/mol. The van der Waals surface area contributed by atoms with E-state index in [2.05, 4.69) is 36.4 Å². The molecule has 4 nitrogen and oxygen atoms in total. The lowest BCUT2D eigenvalue weighted by molar-refractivity contribution is 0.0185. The van der Waals surface area contributed by atoms with Gasteiger partial charge in [0.25, 0.3) is 0 Å². The number of aromatic nitrogens is 2. The molecule has 1 heterocycles. The second-order valence-corrected chi connectivity index (χ2v) is 5.14. The summed E-state index contributed by atoms with van der Waals surface area (Å²) in [6.45, 7) is 5.06. The molecular formula is C15H21N3O. The van der Waals surface area contributed by atoms with E-state index in [1.165, 1.54) is 0 Å². The molecule has 0 fully saturated rings. The Morgan fingerprint density at radius 3 is 2.84 bits per heavy atom. The van der Waals surface area contributed by atoms with E-state index in [1.54, 1.807) is 13.3 Å². The molecule has 0 amide bonds. The largest absolute Gasteiger partial charge is 0.385 e. The van der Waals surface area contributed by atoms with Crippen LogP contribution in [0, 0.1) is 0 Å². The van der Waals surface area contributed by atoms with Gasteiger partial charge in [0.2, 0.25) is 0 Å². The summed E-state index contributed by atoms with van der Waals surface area (Å²) < 4.78 is 7.26. The van der Waals surface area contributed by atoms with Gasteiger partial charge in [-0.25, -0.2) is 4.68 Å². The van der Waals surface area contributed by atoms with Crippen molar-refractivity contribution in [1.29, 1.82) is 0 Å². The maximum atomic E-state index is 5.40. The van der Waals surface area contributed by atoms with Crippen LogP contribution in [-0.4, -0.2) is 29.0 Å². The van der Waals surface area contributed by atoms with E-state index in [9.17, 15) is 0 Å². The van der Waals surface area contributed by atoms with Crippen LogP contribution in [0.3, 0.4) is 0 Å². The number of benzene rings is 1. The summed E-state index contributed by atoms with van der Waals surface area (Å²) in [4.78, 5) is 0. The molecule has 0 radical (unpaired) electrons. The Morgan fingerprint density at radius 2 is 2.16 bits per heavy atom. The van der Waals surface area contributed by atoms with Gasteiger partial charge in [-0.3, -0.25) is 0 Å². The average Bonchev–Trinajstić information content (AvgIpc) is 2.93. The Balaban J connectivity index is 1.97. The SMILES string of the molecule is COC(C)(C)CCNc1cccc(-n2cccn2)c1. The van der Waals surface area contributed by atoms with E-state index in [4.69, 9.17) is 4.74 Å². The zero-order valence-corrected chi connectivity index (χ0v) is 11.8. The minimum atomic E-state index is -0.0907. The zero-order chi connectivity index (χ0) is 13.7. The second-order valence-electron chi connectivity index (χ2n) is 5.14. The van der Waals surface area contributed by atoms with E-state index >= 15 is 0 Å². The van der Waals surface area contributed by atoms with Crippen molar-refractivity contribution in [3.8, 4) is 5.69 Å². The maximum absolute atomic E-state index is 5.40. The van der Waals surface area contributed by atoms with Gasteiger partial charge in [-0.15, -0.1) is 0 Å². The molecule has 4 heteroatoms. The fourth-order valence-electron chi connectivity index (χ4n) is 1.79. The monoisotopic (exact) mass is 259 g/mol. The molecule has 2 aromatic rings. The molecule has 0 aliphatic carbocycles. The third-order valence-corrected chi connectivity index (χ3v) is 3.22. The molecule has 2 rings (SSSR count). The fourth-order valence-corrected chi connectivity index (χ4v) is 1.79. The number of ether oxygens (including phenoxy) is 1. The maximum Gasteiger partial charge on any atom is 0.0666 e. The molecule has 0 spiro atoms. The van der Waals surface area contributed by atoms with Gasteiger partial charge in [-0.1, -0.05) is 6.07 Å². The van der Waals surface area contributed by atoms with Crippen LogP contribution in [0.2, 0.25) is 0 Å². The summed E-state index contributed by atoms with van der Waals surface area (Å²) in [6.07, 6.45) is 4.67. The third-order valence-electron chi connectivity index (χ3n) is 3.22. The number of nitrogens with one attached hydrogen (secondary N) is 1. The van der Waals surface area contributed by atoms with Crippen LogP contribution in [0.15, 0.2) is 42.7 Å². The lowest BCUT2D eigenvalue weighted by Gasteiger charge is -2.23. The van der Waals surface area contributed by atoms with Crippen LogP contribution in [0.1, 0.15) is 20.3 Å². The van der Waals surface area contributed by atoms with Crippen LogP contribution >= 0.6 is 0 Å². The third kappa shape index (κ3) is 3.83. The highest BCUT2D eigenvalue weighted by atomic mass is 16.5. The molecule has 1 aromatic heterocycles. The van der Waals surface area contributed by atoms with Crippen molar-refractivity contribution in [2.45, 2.75) is 25.9 Å². The number of methoxy groups -OCH3 is 1. The van der Waals surface area contributed by atoms with Crippen LogP contribution in [0.25, 0.3) is 5.69 Å². The van der Waals surface area contributed by atoms with Crippen molar-refractivity contribution < 1.29 is 4.74 Å². The summed E-state index contributed by atoms with van der Waals surface area (Å²) in [6, 6.07) is 10.1. The summed E-state index contributed by atoms with van der Waals surface area (Å²) in [5.74, 6) is 0. The lowest BCUT2D eigenvalue weighted by atomic mass is 10.1. The molecule has 0 bridgehead atoms. The smallest absolute Gasteiger partial charge is 0.0666 e. The van der Waals surface area contributed by atoms with Crippen molar-refractivity contribution in [3.05, 3.63) is 42.7 Å². The first-order chi connectivity index (χ1) is 9.11. The van der Waals surface area contributed by atoms with Crippen LogP contribution in [0.4, 0.5) is 5.69 Å². The molecule has 0 aliphatic rings. The number of nitrogens with zero attached hydrogens (tertiary/aromatic N) is 2. The van der Waals surface area contributed by atoms with Gasteiger partial charge in [-0.05, 0) is 44.5 Å². The van der Waals surface area contributed by atoms with Crippen molar-refractivity contribution >= 4 is 5.69 Å². The molecule has 19 heavy (non-hydrogen) atoms. The first kappa shape index (κ1) is 13.6. The van der Waals surface area contributed by atoms with Gasteiger partial charge in [-0.2, -0.15) is 5.10 Å². The van der Waals surface area contributed by atoms with Crippen LogP contribution in [-0.2, 0) is 4.74 Å². The molecule has 102 valence electrons. The number of rotatable bonds is 6. The average molecular weight is 259 g/mol. The standard InChI is InChI=1S/C15H21N3O/c1-15(2,19-3)8-10-16-13-6-4-7-14(12-13)18-11-5-9-17-18/h4-7,9,11-12,16H,8,10H2,1-3H3. The summed E-state index contributed by atoms with van der Waals surface area (Å²) >= 11 is 0. The van der Waals surface area contributed by atoms with E-state index in [1.807, 2.05) is 29.1 Å². The van der Waals surface area contributed by atoms with Gasteiger partial charge in [0, 0.05) is 31.7 Å². The van der Waals surface area contributed by atoms with Gasteiger partial charge < -0.3 is 10.1 Å². The van der Waals surface area contributed by atoms with E-state index < -0.39 is 0 Å². The van der Waals surface area contributed by atoms with Crippen LogP contribution in [0.5, 0.6) is 0 Å². The molecule has 0 atom stereocenters. The van der Waals surface area contributed by atoms with Crippen molar-refractivity contribution in [2.24, 2.45) is 0 Å². The Kier molecular flexibility index (Phi) is 4.22. The van der Waals surface area contributed by atoms with E-state index in [0.29, 0.717) is 0 Å². The molecule has 1 aromatic carbocycles. The van der Waals surface area contributed by atoms with Crippen molar-refractivity contribution in [1.82, 2.24) is 9.78 Å². The molecule has 0 unspecified atom stereocenters. The summed E-state index contributed by atoms with van der Waals surface area (Å²) in [7, 11) is 1.75. The number of anilines is 1. The molecule has 1 N–H and O–H groups in total. The molecule has 0 saturated heterocycles. The predicted octanol–water partition coefficient (Wildman–Crippen LogP) is 3.10. The minimum Gasteiger partial charge on any atom is -0.385 e. The number of hydrogen-bond acceptors (Lipinski definition) is 3. The second kappa shape index (κ2) is 5.89. The van der Waals surface area contributed by atoms with Gasteiger partial charge >= 0.3 is 0 Å². The number of hydrogen-bond donors (Lipinski definition) is 1. The van der Waals surface area contributed by atoms with E-state index in [-0.39, 0.29) is 5.60 Å². The lowest BCUT2D eigenvalue weighted by Crippen LogP contribution is -2.25. The predicted molar refractivity (Wildman–Crippen MR) is 77.8 cm³/mol.